The number of hydrogen-bond acceptors (Lipinski definition) is 6. The third-order valence-electron chi connectivity index (χ3n) is 5.88. The van der Waals surface area contributed by atoms with E-state index < -0.39 is 0 Å². The quantitative estimate of drug-likeness (QED) is 0.184. The number of ether oxygens (including phenoxy) is 2. The van der Waals surface area contributed by atoms with Crippen molar-refractivity contribution in [2.75, 3.05) is 13.2 Å². The van der Waals surface area contributed by atoms with E-state index in [0.717, 1.165) is 56.5 Å². The summed E-state index contributed by atoms with van der Waals surface area (Å²) in [6, 6.07) is 32.7. The van der Waals surface area contributed by atoms with Gasteiger partial charge in [-0.05, 0) is 61.4 Å². The largest absolute Gasteiger partial charge is 0.493 e. The lowest BCUT2D eigenvalue weighted by Gasteiger charge is -2.11. The Kier molecular flexibility index (Phi) is 6.61. The summed E-state index contributed by atoms with van der Waals surface area (Å²) in [7, 11) is 0. The highest BCUT2D eigenvalue weighted by atomic mass is 32.1. The molecule has 0 saturated carbocycles. The summed E-state index contributed by atoms with van der Waals surface area (Å²) in [6.07, 6.45) is 1.80. The predicted octanol–water partition coefficient (Wildman–Crippen LogP) is 8.48. The normalized spacial score (nSPS) is 11.2. The van der Waals surface area contributed by atoms with Gasteiger partial charge >= 0.3 is 0 Å². The van der Waals surface area contributed by atoms with Crippen LogP contribution in [0.2, 0.25) is 0 Å². The molecule has 36 heavy (non-hydrogen) atoms. The molecule has 2 heterocycles. The second-order valence-corrected chi connectivity index (χ2v) is 10.4. The van der Waals surface area contributed by atoms with Crippen LogP contribution in [0.15, 0.2) is 97.1 Å². The summed E-state index contributed by atoms with van der Waals surface area (Å²) < 4.78 is 14.7. The molecular formula is C30H24N2O2S2. The zero-order valence-electron chi connectivity index (χ0n) is 19.6. The maximum Gasteiger partial charge on any atom is 0.129 e. The van der Waals surface area contributed by atoms with Crippen molar-refractivity contribution < 1.29 is 9.47 Å². The molecule has 0 spiro atoms. The average molecular weight is 509 g/mol. The molecule has 0 aliphatic heterocycles. The van der Waals surface area contributed by atoms with Crippen LogP contribution in [0, 0.1) is 0 Å². The number of fused-ring (bicyclic) bond motifs is 2. The fourth-order valence-electron chi connectivity index (χ4n) is 4.08. The maximum absolute atomic E-state index is 6.17. The van der Waals surface area contributed by atoms with Crippen LogP contribution in [0.4, 0.5) is 0 Å². The Bertz CT molecular complexity index is 1430. The Balaban J connectivity index is 1.05. The number of nitrogens with zero attached hydrogens (tertiary/aromatic N) is 2. The van der Waals surface area contributed by atoms with E-state index in [9.17, 15) is 0 Å². The minimum atomic E-state index is 0.630. The summed E-state index contributed by atoms with van der Waals surface area (Å²) in [5.41, 5.74) is 4.13. The standard InChI is InChI=1S/C30H24N2O2S2/c1-5-15-25(21(11-1)29-31-23-13-3-7-17-27(23)35-29)33-19-9-10-20-34-26-16-6-2-12-22(26)30-32-24-14-4-8-18-28(24)36-30/h1-8,11-18H,9-10,19-20H2. The van der Waals surface area contributed by atoms with Crippen molar-refractivity contribution in [2.24, 2.45) is 0 Å². The maximum atomic E-state index is 6.17. The van der Waals surface area contributed by atoms with Gasteiger partial charge in [0, 0.05) is 0 Å². The molecule has 2 aromatic heterocycles. The van der Waals surface area contributed by atoms with E-state index in [0.29, 0.717) is 13.2 Å². The minimum absolute atomic E-state index is 0.630. The third-order valence-corrected chi connectivity index (χ3v) is 8.02. The first-order chi connectivity index (χ1) is 17.8. The Labute approximate surface area is 217 Å². The summed E-state index contributed by atoms with van der Waals surface area (Å²) in [4.78, 5) is 9.59. The van der Waals surface area contributed by atoms with E-state index >= 15 is 0 Å². The van der Waals surface area contributed by atoms with Gasteiger partial charge in [0.1, 0.15) is 21.5 Å². The first-order valence-electron chi connectivity index (χ1n) is 12.0. The number of aromatic nitrogens is 2. The summed E-state index contributed by atoms with van der Waals surface area (Å²) in [6.45, 7) is 1.26. The summed E-state index contributed by atoms with van der Waals surface area (Å²) in [5.74, 6) is 1.75. The minimum Gasteiger partial charge on any atom is -0.493 e. The molecule has 6 aromatic rings. The van der Waals surface area contributed by atoms with Crippen LogP contribution in [-0.2, 0) is 0 Å². The molecule has 0 unspecified atom stereocenters. The Morgan fingerprint density at radius 2 is 0.917 bits per heavy atom. The zero-order valence-corrected chi connectivity index (χ0v) is 21.2. The van der Waals surface area contributed by atoms with Gasteiger partial charge in [0.05, 0.1) is 44.8 Å². The Hall–Kier alpha value is -3.74. The molecule has 0 aliphatic carbocycles. The fraction of sp³-hybridized carbons (Fsp3) is 0.133. The predicted molar refractivity (Wildman–Crippen MR) is 150 cm³/mol. The fourth-order valence-corrected chi connectivity index (χ4v) is 6.07. The van der Waals surface area contributed by atoms with Gasteiger partial charge in [-0.2, -0.15) is 0 Å². The van der Waals surface area contributed by atoms with E-state index in [-0.39, 0.29) is 0 Å². The van der Waals surface area contributed by atoms with Crippen LogP contribution in [0.25, 0.3) is 41.6 Å². The van der Waals surface area contributed by atoms with Gasteiger partial charge in [-0.15, -0.1) is 22.7 Å². The highest BCUT2D eigenvalue weighted by Gasteiger charge is 2.12. The van der Waals surface area contributed by atoms with Gasteiger partial charge in [0.15, 0.2) is 0 Å². The molecule has 4 nitrogen and oxygen atoms in total. The molecule has 0 fully saturated rings. The van der Waals surface area contributed by atoms with Gasteiger partial charge in [-0.3, -0.25) is 0 Å². The van der Waals surface area contributed by atoms with Crippen LogP contribution < -0.4 is 9.47 Å². The van der Waals surface area contributed by atoms with Crippen molar-refractivity contribution in [3.8, 4) is 32.6 Å². The molecule has 0 N–H and O–H groups in total. The first kappa shape index (κ1) is 22.7. The van der Waals surface area contributed by atoms with Crippen LogP contribution in [0.3, 0.4) is 0 Å². The van der Waals surface area contributed by atoms with Crippen molar-refractivity contribution >= 4 is 43.1 Å². The van der Waals surface area contributed by atoms with Gasteiger partial charge in [-0.25, -0.2) is 9.97 Å². The molecule has 6 heteroatoms. The number of benzene rings is 4. The first-order valence-corrected chi connectivity index (χ1v) is 13.6. The topological polar surface area (TPSA) is 44.2 Å². The molecule has 178 valence electrons. The molecule has 0 bridgehead atoms. The SMILES string of the molecule is c1ccc(-c2nc3ccccc3s2)c(OCCCCOc2ccccc2-c2nc3ccccc3s2)c1. The van der Waals surface area contributed by atoms with Crippen molar-refractivity contribution in [3.05, 3.63) is 97.1 Å². The monoisotopic (exact) mass is 508 g/mol. The highest BCUT2D eigenvalue weighted by molar-refractivity contribution is 7.22. The van der Waals surface area contributed by atoms with E-state index in [1.54, 1.807) is 22.7 Å². The van der Waals surface area contributed by atoms with Gasteiger partial charge in [0.25, 0.3) is 0 Å². The van der Waals surface area contributed by atoms with Crippen LogP contribution in [0.1, 0.15) is 12.8 Å². The lowest BCUT2D eigenvalue weighted by molar-refractivity contribution is 0.267. The highest BCUT2D eigenvalue weighted by Crippen LogP contribution is 2.37. The summed E-state index contributed by atoms with van der Waals surface area (Å²) >= 11 is 3.39. The zero-order chi connectivity index (χ0) is 24.2. The number of thiazole rings is 2. The van der Waals surface area contributed by atoms with Crippen molar-refractivity contribution in [1.29, 1.82) is 0 Å². The van der Waals surface area contributed by atoms with Gasteiger partial charge < -0.3 is 9.47 Å². The van der Waals surface area contributed by atoms with Gasteiger partial charge in [0.2, 0.25) is 0 Å². The third kappa shape index (κ3) is 4.83. The molecule has 0 aliphatic rings. The number of unbranched alkanes of at least 4 members (excludes halogenated alkanes) is 1. The molecular weight excluding hydrogens is 484 g/mol. The molecule has 0 saturated heterocycles. The lowest BCUT2D eigenvalue weighted by Crippen LogP contribution is -2.03. The summed E-state index contributed by atoms with van der Waals surface area (Å²) in [5, 5.41) is 1.98. The van der Waals surface area contributed by atoms with E-state index in [1.807, 2.05) is 72.8 Å². The van der Waals surface area contributed by atoms with Crippen molar-refractivity contribution in [1.82, 2.24) is 9.97 Å². The van der Waals surface area contributed by atoms with Crippen LogP contribution >= 0.6 is 22.7 Å². The Morgan fingerprint density at radius 1 is 0.500 bits per heavy atom. The van der Waals surface area contributed by atoms with Crippen LogP contribution in [0.5, 0.6) is 11.5 Å². The second-order valence-electron chi connectivity index (χ2n) is 8.37. The molecule has 6 rings (SSSR count). The number of hydrogen-bond donors (Lipinski definition) is 0. The molecule has 4 aromatic carbocycles. The smallest absolute Gasteiger partial charge is 0.129 e. The van der Waals surface area contributed by atoms with E-state index in [4.69, 9.17) is 19.4 Å². The molecule has 0 atom stereocenters. The van der Waals surface area contributed by atoms with E-state index in [2.05, 4.69) is 24.3 Å². The van der Waals surface area contributed by atoms with Gasteiger partial charge in [-0.1, -0.05) is 48.5 Å². The van der Waals surface area contributed by atoms with Crippen LogP contribution in [-0.4, -0.2) is 23.2 Å². The Morgan fingerprint density at radius 3 is 1.39 bits per heavy atom. The lowest BCUT2D eigenvalue weighted by atomic mass is 10.2. The molecule has 0 amide bonds. The second kappa shape index (κ2) is 10.5. The van der Waals surface area contributed by atoms with Crippen molar-refractivity contribution in [3.63, 3.8) is 0 Å². The molecule has 0 radical (unpaired) electrons. The number of para-hydroxylation sites is 4. The van der Waals surface area contributed by atoms with E-state index in [1.165, 1.54) is 9.40 Å². The number of rotatable bonds is 9. The van der Waals surface area contributed by atoms with Crippen molar-refractivity contribution in [2.45, 2.75) is 12.8 Å². The average Bonchev–Trinajstić information content (AvgIpc) is 3.55.